The first-order chi connectivity index (χ1) is 17.8. The minimum atomic E-state index is -4.71. The number of hydrogen-bond donors (Lipinski definition) is 2. The zero-order valence-electron chi connectivity index (χ0n) is 20.5. The van der Waals surface area contributed by atoms with Crippen LogP contribution >= 0.6 is 0 Å². The van der Waals surface area contributed by atoms with Gasteiger partial charge in [0.25, 0.3) is 0 Å². The van der Waals surface area contributed by atoms with E-state index in [1.165, 1.54) is 46.4 Å². The van der Waals surface area contributed by atoms with Crippen molar-refractivity contribution in [1.29, 1.82) is 0 Å². The number of halogens is 3. The Bertz CT molecular complexity index is 1240. The third-order valence-electron chi connectivity index (χ3n) is 5.21. The third kappa shape index (κ3) is 9.08. The molecule has 4 rings (SSSR count). The highest BCUT2D eigenvalue weighted by Gasteiger charge is 2.31. The number of nitrogens with one attached hydrogen (secondary N) is 2. The van der Waals surface area contributed by atoms with Crippen molar-refractivity contribution in [2.24, 2.45) is 0 Å². The topological polar surface area (TPSA) is 81.1 Å². The molecule has 10 heteroatoms. The van der Waals surface area contributed by atoms with Gasteiger partial charge in [-0.3, -0.25) is 4.79 Å². The number of carbonyl (C=O) groups excluding carboxylic acids is 1. The van der Waals surface area contributed by atoms with E-state index >= 15 is 0 Å². The van der Waals surface area contributed by atoms with Crippen LogP contribution in [0.4, 0.5) is 18.9 Å². The predicted molar refractivity (Wildman–Crippen MR) is 137 cm³/mol. The molecule has 1 amide bonds. The van der Waals surface area contributed by atoms with Gasteiger partial charge >= 0.3 is 6.36 Å². The second-order valence-corrected chi connectivity index (χ2v) is 8.09. The molecule has 7 nitrogen and oxygen atoms in total. The van der Waals surface area contributed by atoms with Crippen molar-refractivity contribution in [1.82, 2.24) is 20.1 Å². The van der Waals surface area contributed by atoms with Crippen LogP contribution in [0.15, 0.2) is 79.1 Å². The summed E-state index contributed by atoms with van der Waals surface area (Å²) in [6.45, 7) is 2.98. The maximum absolute atomic E-state index is 12.2. The minimum Gasteiger partial charge on any atom is -0.406 e. The molecule has 4 aromatic rings. The average Bonchev–Trinajstić information content (AvgIpc) is 3.37. The van der Waals surface area contributed by atoms with Crippen LogP contribution in [-0.4, -0.2) is 41.1 Å². The van der Waals surface area contributed by atoms with Gasteiger partial charge in [-0.2, -0.15) is 0 Å². The van der Waals surface area contributed by atoms with Crippen LogP contribution in [0.3, 0.4) is 0 Å². The number of rotatable bonds is 9. The second kappa shape index (κ2) is 13.2. The van der Waals surface area contributed by atoms with Crippen molar-refractivity contribution in [3.63, 3.8) is 0 Å². The van der Waals surface area contributed by atoms with E-state index in [4.69, 9.17) is 0 Å². The van der Waals surface area contributed by atoms with E-state index in [1.54, 1.807) is 0 Å². The fraction of sp³-hybridized carbons (Fsp3) is 0.222. The molecule has 194 valence electrons. The minimum absolute atomic E-state index is 0.277. The summed E-state index contributed by atoms with van der Waals surface area (Å²) in [5.41, 5.74) is 4.74. The Kier molecular flexibility index (Phi) is 9.79. The van der Waals surface area contributed by atoms with Crippen molar-refractivity contribution in [3.8, 4) is 22.8 Å². The summed E-state index contributed by atoms with van der Waals surface area (Å²) in [7, 11) is 1.93. The number of aromatic nitrogens is 3. The first-order valence-corrected chi connectivity index (χ1v) is 11.6. The summed E-state index contributed by atoms with van der Waals surface area (Å²) in [4.78, 5) is 14.2. The Hall–Kier alpha value is -4.18. The lowest BCUT2D eigenvalue weighted by Crippen LogP contribution is -2.17. The van der Waals surface area contributed by atoms with Gasteiger partial charge in [-0.05, 0) is 75.3 Å². The summed E-state index contributed by atoms with van der Waals surface area (Å²) < 4.78 is 42.0. The normalized spacial score (nSPS) is 10.8. The molecule has 0 unspecified atom stereocenters. The molecular weight excluding hydrogens is 483 g/mol. The van der Waals surface area contributed by atoms with E-state index in [9.17, 15) is 18.0 Å². The highest BCUT2D eigenvalue weighted by Crippen LogP contribution is 2.24. The Morgan fingerprint density at radius 2 is 1.65 bits per heavy atom. The first-order valence-electron chi connectivity index (χ1n) is 11.6. The van der Waals surface area contributed by atoms with E-state index in [2.05, 4.69) is 37.6 Å². The number of amides is 1. The third-order valence-corrected chi connectivity index (χ3v) is 5.21. The van der Waals surface area contributed by atoms with Gasteiger partial charge < -0.3 is 15.4 Å². The molecule has 0 fully saturated rings. The van der Waals surface area contributed by atoms with Gasteiger partial charge in [-0.15, -0.1) is 18.3 Å². The standard InChI is InChI=1S/C19H19F3N4O.C8H9NO/c1-23-12-2-3-14-4-6-15(7-5-14)18-24-13-26(25-18)16-8-10-17(11-9-16)27-19(20,21)22;1-7-2-4-8(5-3-7)9-6-10/h4-11,13,23H,2-3,12H2,1H3;2-6H,1H3,(H,9,10). The molecule has 37 heavy (non-hydrogen) atoms. The van der Waals surface area contributed by atoms with Crippen molar-refractivity contribution < 1.29 is 22.7 Å². The summed E-state index contributed by atoms with van der Waals surface area (Å²) in [5, 5.41) is 10.1. The molecular formula is C27H28F3N5O2. The highest BCUT2D eigenvalue weighted by molar-refractivity contribution is 5.70. The second-order valence-electron chi connectivity index (χ2n) is 8.09. The Morgan fingerprint density at radius 3 is 2.24 bits per heavy atom. The maximum atomic E-state index is 12.2. The van der Waals surface area contributed by atoms with Crippen molar-refractivity contribution in [3.05, 3.63) is 90.3 Å². The van der Waals surface area contributed by atoms with E-state index in [0.717, 1.165) is 30.6 Å². The van der Waals surface area contributed by atoms with Crippen LogP contribution in [-0.2, 0) is 11.2 Å². The molecule has 0 spiro atoms. The number of carbonyl (C=O) groups is 1. The summed E-state index contributed by atoms with van der Waals surface area (Å²) in [6, 6.07) is 21.1. The van der Waals surface area contributed by atoms with E-state index < -0.39 is 6.36 Å². The molecule has 0 aliphatic carbocycles. The lowest BCUT2D eigenvalue weighted by molar-refractivity contribution is -0.274. The number of hydrogen-bond acceptors (Lipinski definition) is 5. The molecule has 1 heterocycles. The van der Waals surface area contributed by atoms with Gasteiger partial charge in [0, 0.05) is 11.3 Å². The molecule has 3 aromatic carbocycles. The number of nitrogens with zero attached hydrogens (tertiary/aromatic N) is 3. The largest absolute Gasteiger partial charge is 0.573 e. The SMILES string of the molecule is CNCCCc1ccc(-c2ncn(-c3ccc(OC(F)(F)F)cc3)n2)cc1.Cc1ccc(NC=O)cc1. The molecule has 0 radical (unpaired) electrons. The summed E-state index contributed by atoms with van der Waals surface area (Å²) in [5.74, 6) is 0.271. The van der Waals surface area contributed by atoms with Crippen LogP contribution in [0.2, 0.25) is 0 Å². The number of alkyl halides is 3. The number of ether oxygens (including phenoxy) is 1. The average molecular weight is 512 g/mol. The van der Waals surface area contributed by atoms with E-state index in [1.807, 2.05) is 50.4 Å². The van der Waals surface area contributed by atoms with Gasteiger partial charge in [0.15, 0.2) is 5.82 Å². The Balaban J connectivity index is 0.000000319. The smallest absolute Gasteiger partial charge is 0.406 e. The zero-order chi connectivity index (χ0) is 26.7. The fourth-order valence-corrected chi connectivity index (χ4v) is 3.33. The lowest BCUT2D eigenvalue weighted by atomic mass is 10.1. The fourth-order valence-electron chi connectivity index (χ4n) is 3.33. The van der Waals surface area contributed by atoms with Crippen LogP contribution in [0.5, 0.6) is 5.75 Å². The van der Waals surface area contributed by atoms with Gasteiger partial charge in [-0.25, -0.2) is 9.67 Å². The van der Waals surface area contributed by atoms with Crippen LogP contribution in [0.1, 0.15) is 17.5 Å². The Labute approximate surface area is 213 Å². The Morgan fingerprint density at radius 1 is 0.973 bits per heavy atom. The molecule has 0 bridgehead atoms. The monoisotopic (exact) mass is 511 g/mol. The molecule has 0 saturated heterocycles. The molecule has 1 aromatic heterocycles. The zero-order valence-corrected chi connectivity index (χ0v) is 20.5. The highest BCUT2D eigenvalue weighted by atomic mass is 19.4. The number of benzene rings is 3. The van der Waals surface area contributed by atoms with Gasteiger partial charge in [0.05, 0.1) is 5.69 Å². The van der Waals surface area contributed by atoms with Gasteiger partial charge in [-0.1, -0.05) is 42.0 Å². The van der Waals surface area contributed by atoms with Crippen LogP contribution in [0, 0.1) is 6.92 Å². The van der Waals surface area contributed by atoms with Crippen molar-refractivity contribution in [2.75, 3.05) is 18.9 Å². The maximum Gasteiger partial charge on any atom is 0.573 e. The molecule has 0 atom stereocenters. The quantitative estimate of drug-likeness (QED) is 0.228. The number of anilines is 1. The first kappa shape index (κ1) is 27.4. The van der Waals surface area contributed by atoms with Crippen molar-refractivity contribution >= 4 is 12.1 Å². The van der Waals surface area contributed by atoms with Crippen molar-refractivity contribution in [2.45, 2.75) is 26.1 Å². The van der Waals surface area contributed by atoms with Gasteiger partial charge in [0.1, 0.15) is 12.1 Å². The predicted octanol–water partition coefficient (Wildman–Crippen LogP) is 5.55. The van der Waals surface area contributed by atoms with E-state index in [-0.39, 0.29) is 5.75 Å². The van der Waals surface area contributed by atoms with Crippen LogP contribution in [0.25, 0.3) is 17.1 Å². The summed E-state index contributed by atoms with van der Waals surface area (Å²) in [6.07, 6.45) is -0.451. The van der Waals surface area contributed by atoms with Crippen LogP contribution < -0.4 is 15.4 Å². The van der Waals surface area contributed by atoms with E-state index in [0.29, 0.717) is 17.9 Å². The number of aryl methyl sites for hydroxylation is 2. The lowest BCUT2D eigenvalue weighted by Gasteiger charge is -2.09. The summed E-state index contributed by atoms with van der Waals surface area (Å²) >= 11 is 0. The molecule has 0 aliphatic rings. The molecule has 0 aliphatic heterocycles. The molecule has 0 saturated carbocycles. The molecule has 2 N–H and O–H groups in total. The van der Waals surface area contributed by atoms with Gasteiger partial charge in [0.2, 0.25) is 6.41 Å².